The van der Waals surface area contributed by atoms with Crippen LogP contribution in [0.25, 0.3) is 0 Å². The van der Waals surface area contributed by atoms with Gasteiger partial charge >= 0.3 is 0 Å². The van der Waals surface area contributed by atoms with Crippen LogP contribution in [0.15, 0.2) is 60.9 Å². The number of rotatable bonds is 6. The molecule has 2 aliphatic rings. The topological polar surface area (TPSA) is 65.4 Å². The number of amides is 1. The maximum Gasteiger partial charge on any atom is 0.230 e. The lowest BCUT2D eigenvalue weighted by Crippen LogP contribution is -2.42. The Morgan fingerprint density at radius 3 is 2.55 bits per heavy atom. The second-order valence-corrected chi connectivity index (χ2v) is 8.30. The van der Waals surface area contributed by atoms with Gasteiger partial charge in [-0.15, -0.1) is 0 Å². The second kappa shape index (κ2) is 8.46. The monoisotopic (exact) mass is 417 g/mol. The molecule has 1 fully saturated rings. The number of nitrogens with one attached hydrogen (secondary N) is 1. The summed E-state index contributed by atoms with van der Waals surface area (Å²) in [7, 11) is 0. The van der Waals surface area contributed by atoms with Gasteiger partial charge in [0.25, 0.3) is 0 Å². The minimum absolute atomic E-state index is 0.0931. The zero-order valence-corrected chi connectivity index (χ0v) is 17.5. The van der Waals surface area contributed by atoms with Gasteiger partial charge in [0, 0.05) is 18.9 Å². The number of hydrogen-bond donors (Lipinski definition) is 1. The van der Waals surface area contributed by atoms with E-state index in [2.05, 4.69) is 22.5 Å². The van der Waals surface area contributed by atoms with Crippen LogP contribution in [0.2, 0.25) is 0 Å². The largest absolute Gasteiger partial charge is 0.486 e. The van der Waals surface area contributed by atoms with E-state index in [1.165, 1.54) is 0 Å². The average Bonchev–Trinajstić information content (AvgIpc) is 3.51. The lowest BCUT2D eigenvalue weighted by molar-refractivity contribution is -0.126. The summed E-state index contributed by atoms with van der Waals surface area (Å²) < 4.78 is 13.3. The molecule has 160 valence electrons. The molecule has 5 rings (SSSR count). The van der Waals surface area contributed by atoms with Crippen molar-refractivity contribution >= 4 is 5.91 Å². The molecule has 1 aromatic heterocycles. The molecule has 2 heterocycles. The van der Waals surface area contributed by atoms with Gasteiger partial charge < -0.3 is 14.8 Å². The summed E-state index contributed by atoms with van der Waals surface area (Å²) in [5, 5.41) is 7.54. The quantitative estimate of drug-likeness (QED) is 0.662. The minimum Gasteiger partial charge on any atom is -0.486 e. The number of fused-ring (bicyclic) bond motifs is 1. The van der Waals surface area contributed by atoms with E-state index in [1.54, 1.807) is 6.20 Å². The molecule has 0 atom stereocenters. The van der Waals surface area contributed by atoms with E-state index in [9.17, 15) is 4.79 Å². The lowest BCUT2D eigenvalue weighted by Gasteiger charge is -2.30. The number of nitrogens with zero attached hydrogens (tertiary/aromatic N) is 2. The fourth-order valence-corrected chi connectivity index (χ4v) is 4.76. The molecule has 3 aromatic rings. The number of hydrogen-bond acceptors (Lipinski definition) is 4. The maximum atomic E-state index is 13.5. The smallest absolute Gasteiger partial charge is 0.230 e. The third-order valence-corrected chi connectivity index (χ3v) is 6.44. The molecule has 2 aromatic carbocycles. The second-order valence-electron chi connectivity index (χ2n) is 8.30. The highest BCUT2D eigenvalue weighted by molar-refractivity contribution is 5.88. The standard InChI is InChI=1S/C25H27N3O3/c29-24(26-17-19-6-1-2-7-20(19)18-28-13-5-12-27-28)25(10-3-4-11-25)21-8-9-22-23(16-21)31-15-14-30-22/h1-2,5-9,12-13,16H,3-4,10-11,14-15,17-18H2,(H,26,29). The fraction of sp³-hybridized carbons (Fsp3) is 0.360. The van der Waals surface area contributed by atoms with E-state index in [-0.39, 0.29) is 5.91 Å². The van der Waals surface area contributed by atoms with E-state index < -0.39 is 5.41 Å². The van der Waals surface area contributed by atoms with Gasteiger partial charge in [0.1, 0.15) is 13.2 Å². The zero-order chi connectivity index (χ0) is 21.1. The van der Waals surface area contributed by atoms with Gasteiger partial charge in [-0.3, -0.25) is 9.48 Å². The first-order valence-corrected chi connectivity index (χ1v) is 11.0. The van der Waals surface area contributed by atoms with Crippen molar-refractivity contribution in [1.29, 1.82) is 0 Å². The molecule has 1 aliphatic heterocycles. The van der Waals surface area contributed by atoms with Gasteiger partial charge in [0.05, 0.1) is 12.0 Å². The molecular formula is C25H27N3O3. The molecule has 6 heteroatoms. The number of ether oxygens (including phenoxy) is 2. The van der Waals surface area contributed by atoms with Crippen molar-refractivity contribution in [1.82, 2.24) is 15.1 Å². The molecule has 1 aliphatic carbocycles. The number of carbonyl (C=O) groups is 1. The van der Waals surface area contributed by atoms with Crippen LogP contribution in [0.1, 0.15) is 42.4 Å². The van der Waals surface area contributed by atoms with Crippen molar-refractivity contribution in [2.24, 2.45) is 0 Å². The van der Waals surface area contributed by atoms with E-state index in [0.717, 1.165) is 53.9 Å². The Hall–Kier alpha value is -3.28. The van der Waals surface area contributed by atoms with Gasteiger partial charge in [0.2, 0.25) is 5.91 Å². The van der Waals surface area contributed by atoms with Gasteiger partial charge in [-0.25, -0.2) is 0 Å². The van der Waals surface area contributed by atoms with Crippen molar-refractivity contribution in [3.63, 3.8) is 0 Å². The first-order chi connectivity index (χ1) is 15.2. The van der Waals surface area contributed by atoms with Crippen molar-refractivity contribution < 1.29 is 14.3 Å². The Labute approximate surface area is 182 Å². The normalized spacial score (nSPS) is 16.8. The van der Waals surface area contributed by atoms with Crippen LogP contribution in [0, 0.1) is 0 Å². The number of benzene rings is 2. The van der Waals surface area contributed by atoms with Crippen molar-refractivity contribution in [2.45, 2.75) is 44.2 Å². The molecule has 1 amide bonds. The molecule has 31 heavy (non-hydrogen) atoms. The molecule has 0 radical (unpaired) electrons. The Kier molecular flexibility index (Phi) is 5.37. The SMILES string of the molecule is O=C(NCc1ccccc1Cn1cccn1)C1(c2ccc3c(c2)OCCO3)CCCC1. The zero-order valence-electron chi connectivity index (χ0n) is 17.5. The highest BCUT2D eigenvalue weighted by atomic mass is 16.6. The van der Waals surface area contributed by atoms with E-state index in [1.807, 2.05) is 47.3 Å². The Morgan fingerprint density at radius 2 is 1.77 bits per heavy atom. The van der Waals surface area contributed by atoms with Gasteiger partial charge in [-0.1, -0.05) is 43.2 Å². The van der Waals surface area contributed by atoms with Crippen LogP contribution in [0.4, 0.5) is 0 Å². The Bertz CT molecular complexity index is 1060. The number of carbonyl (C=O) groups excluding carboxylic acids is 1. The Balaban J connectivity index is 1.35. The van der Waals surface area contributed by atoms with Gasteiger partial charge in [-0.2, -0.15) is 5.10 Å². The van der Waals surface area contributed by atoms with Crippen LogP contribution in [0.3, 0.4) is 0 Å². The lowest BCUT2D eigenvalue weighted by atomic mass is 9.77. The third-order valence-electron chi connectivity index (χ3n) is 6.44. The van der Waals surface area contributed by atoms with Gasteiger partial charge in [-0.05, 0) is 47.7 Å². The highest BCUT2D eigenvalue weighted by Crippen LogP contribution is 2.44. The Morgan fingerprint density at radius 1 is 1.00 bits per heavy atom. The molecule has 0 unspecified atom stereocenters. The molecule has 0 bridgehead atoms. The van der Waals surface area contributed by atoms with Crippen LogP contribution >= 0.6 is 0 Å². The predicted octanol–water partition coefficient (Wildman–Crippen LogP) is 3.83. The van der Waals surface area contributed by atoms with Crippen molar-refractivity contribution in [3.8, 4) is 11.5 Å². The summed E-state index contributed by atoms with van der Waals surface area (Å²) in [6.07, 6.45) is 7.54. The maximum absolute atomic E-state index is 13.5. The van der Waals surface area contributed by atoms with Crippen LogP contribution in [-0.2, 0) is 23.3 Å². The fourth-order valence-electron chi connectivity index (χ4n) is 4.76. The molecule has 0 saturated heterocycles. The molecule has 1 saturated carbocycles. The third kappa shape index (κ3) is 3.90. The predicted molar refractivity (Wildman–Crippen MR) is 117 cm³/mol. The molecule has 6 nitrogen and oxygen atoms in total. The van der Waals surface area contributed by atoms with Crippen LogP contribution in [-0.4, -0.2) is 28.9 Å². The van der Waals surface area contributed by atoms with Crippen LogP contribution in [0.5, 0.6) is 11.5 Å². The van der Waals surface area contributed by atoms with Crippen molar-refractivity contribution in [3.05, 3.63) is 77.6 Å². The highest BCUT2D eigenvalue weighted by Gasteiger charge is 2.43. The average molecular weight is 418 g/mol. The van der Waals surface area contributed by atoms with Crippen molar-refractivity contribution in [2.75, 3.05) is 13.2 Å². The summed E-state index contributed by atoms with van der Waals surface area (Å²) in [6.45, 7) is 2.30. The van der Waals surface area contributed by atoms with E-state index >= 15 is 0 Å². The van der Waals surface area contributed by atoms with E-state index in [4.69, 9.17) is 9.47 Å². The molecule has 1 N–H and O–H groups in total. The molecular weight excluding hydrogens is 390 g/mol. The van der Waals surface area contributed by atoms with E-state index in [0.29, 0.717) is 26.3 Å². The summed E-state index contributed by atoms with van der Waals surface area (Å²) in [6, 6.07) is 16.1. The number of aromatic nitrogens is 2. The first-order valence-electron chi connectivity index (χ1n) is 11.0. The summed E-state index contributed by atoms with van der Waals surface area (Å²) in [5.74, 6) is 1.60. The first kappa shape index (κ1) is 19.7. The van der Waals surface area contributed by atoms with Gasteiger partial charge in [0.15, 0.2) is 11.5 Å². The summed E-state index contributed by atoms with van der Waals surface area (Å²) in [5.41, 5.74) is 2.79. The minimum atomic E-state index is -0.507. The molecule has 0 spiro atoms. The summed E-state index contributed by atoms with van der Waals surface area (Å²) in [4.78, 5) is 13.5. The summed E-state index contributed by atoms with van der Waals surface area (Å²) >= 11 is 0. The van der Waals surface area contributed by atoms with Crippen LogP contribution < -0.4 is 14.8 Å².